The predicted molar refractivity (Wildman–Crippen MR) is 121 cm³/mol. The molecule has 0 radical (unpaired) electrons. The van der Waals surface area contributed by atoms with E-state index < -0.39 is 23.4 Å². The van der Waals surface area contributed by atoms with Crippen LogP contribution in [0.1, 0.15) is 11.6 Å². The summed E-state index contributed by atoms with van der Waals surface area (Å²) in [5, 5.41) is 4.78. The Bertz CT molecular complexity index is 944. The summed E-state index contributed by atoms with van der Waals surface area (Å²) in [7, 11) is 6.00. The fourth-order valence-electron chi connectivity index (χ4n) is 3.63. The van der Waals surface area contributed by atoms with Gasteiger partial charge in [-0.15, -0.1) is 0 Å². The number of anilines is 2. The molecule has 2 amide bonds. The van der Waals surface area contributed by atoms with Gasteiger partial charge in [0.25, 0.3) is 0 Å². The molecule has 1 saturated heterocycles. The fraction of sp³-hybridized carbons (Fsp3) is 0.391. The molecule has 32 heavy (non-hydrogen) atoms. The topological polar surface area (TPSA) is 67.9 Å². The number of nitrogens with zero attached hydrogens (tertiary/aromatic N) is 3. The Labute approximate surface area is 187 Å². The Balaban J connectivity index is 1.69. The summed E-state index contributed by atoms with van der Waals surface area (Å²) in [4.78, 5) is 31.1. The lowest BCUT2D eigenvalue weighted by atomic mass is 10.0. The number of piperazine rings is 1. The van der Waals surface area contributed by atoms with E-state index in [2.05, 4.69) is 27.5 Å². The number of hydrogen-bond donors (Lipinski definition) is 2. The summed E-state index contributed by atoms with van der Waals surface area (Å²) in [5.74, 6) is -3.48. The molecule has 3 rings (SSSR count). The van der Waals surface area contributed by atoms with Crippen LogP contribution in [0.2, 0.25) is 0 Å². The Kier molecular flexibility index (Phi) is 7.76. The zero-order valence-electron chi connectivity index (χ0n) is 18.6. The van der Waals surface area contributed by atoms with E-state index in [4.69, 9.17) is 0 Å². The number of halogens is 2. The number of likely N-dealkylation sites (N-methyl/N-ethyl adjacent to an activating group) is 1. The van der Waals surface area contributed by atoms with Gasteiger partial charge in [0.2, 0.25) is 0 Å². The molecule has 9 heteroatoms. The van der Waals surface area contributed by atoms with E-state index in [0.717, 1.165) is 55.6 Å². The van der Waals surface area contributed by atoms with Crippen molar-refractivity contribution < 1.29 is 18.4 Å². The van der Waals surface area contributed by atoms with Crippen LogP contribution in [-0.4, -0.2) is 75.5 Å². The van der Waals surface area contributed by atoms with Crippen molar-refractivity contribution in [3.05, 3.63) is 59.7 Å². The molecule has 1 atom stereocenters. The molecule has 0 bridgehead atoms. The number of amides is 2. The molecule has 7 nitrogen and oxygen atoms in total. The van der Waals surface area contributed by atoms with Crippen LogP contribution in [0.15, 0.2) is 42.5 Å². The smallest absolute Gasteiger partial charge is 0.313 e. The van der Waals surface area contributed by atoms with E-state index in [1.807, 2.05) is 43.3 Å². The molecule has 0 unspecified atom stereocenters. The van der Waals surface area contributed by atoms with Crippen molar-refractivity contribution >= 4 is 23.2 Å². The molecule has 2 aromatic carbocycles. The maximum absolute atomic E-state index is 13.8. The highest BCUT2D eigenvalue weighted by molar-refractivity contribution is 6.39. The monoisotopic (exact) mass is 445 g/mol. The van der Waals surface area contributed by atoms with Crippen molar-refractivity contribution in [3.8, 4) is 0 Å². The third-order valence-corrected chi connectivity index (χ3v) is 5.61. The maximum atomic E-state index is 13.8. The van der Waals surface area contributed by atoms with Crippen LogP contribution < -0.4 is 15.5 Å². The van der Waals surface area contributed by atoms with E-state index in [1.165, 1.54) is 0 Å². The number of hydrogen-bond acceptors (Lipinski definition) is 5. The highest BCUT2D eigenvalue weighted by atomic mass is 19.1. The largest absolute Gasteiger partial charge is 0.378 e. The molecule has 0 spiro atoms. The summed E-state index contributed by atoms with van der Waals surface area (Å²) in [6, 6.07) is 10.6. The van der Waals surface area contributed by atoms with Crippen LogP contribution in [0.25, 0.3) is 0 Å². The maximum Gasteiger partial charge on any atom is 0.313 e. The van der Waals surface area contributed by atoms with Crippen LogP contribution in [0.3, 0.4) is 0 Å². The molecule has 2 aromatic rings. The molecule has 0 saturated carbocycles. The molecular formula is C23H29F2N5O2. The Morgan fingerprint density at radius 3 is 2.28 bits per heavy atom. The molecule has 0 aliphatic carbocycles. The second-order valence-electron chi connectivity index (χ2n) is 8.13. The molecule has 1 aliphatic rings. The number of carbonyl (C=O) groups is 2. The van der Waals surface area contributed by atoms with Gasteiger partial charge >= 0.3 is 11.8 Å². The first kappa shape index (κ1) is 23.6. The van der Waals surface area contributed by atoms with E-state index >= 15 is 0 Å². The van der Waals surface area contributed by atoms with Gasteiger partial charge in [0.15, 0.2) is 0 Å². The van der Waals surface area contributed by atoms with Gasteiger partial charge in [0.05, 0.1) is 11.7 Å². The lowest BCUT2D eigenvalue weighted by Gasteiger charge is -2.38. The van der Waals surface area contributed by atoms with Crippen molar-refractivity contribution in [1.29, 1.82) is 0 Å². The molecular weight excluding hydrogens is 416 g/mol. The van der Waals surface area contributed by atoms with Gasteiger partial charge in [0, 0.05) is 58.6 Å². The lowest BCUT2D eigenvalue weighted by Crippen LogP contribution is -2.49. The van der Waals surface area contributed by atoms with Crippen LogP contribution in [0.4, 0.5) is 20.2 Å². The average molecular weight is 446 g/mol. The Morgan fingerprint density at radius 1 is 1.00 bits per heavy atom. The summed E-state index contributed by atoms with van der Waals surface area (Å²) in [5.41, 5.74) is 1.71. The second-order valence-corrected chi connectivity index (χ2v) is 8.13. The number of benzene rings is 2. The van der Waals surface area contributed by atoms with Crippen molar-refractivity contribution in [2.24, 2.45) is 0 Å². The SMILES string of the molecule is CN1CCN([C@@H](CNC(=O)C(=O)Nc2cc(F)ccc2F)c2ccc(N(C)C)cc2)CC1. The molecule has 1 fully saturated rings. The minimum absolute atomic E-state index is 0.123. The van der Waals surface area contributed by atoms with Gasteiger partial charge in [-0.3, -0.25) is 14.5 Å². The van der Waals surface area contributed by atoms with E-state index in [1.54, 1.807) is 0 Å². The molecule has 1 aliphatic heterocycles. The summed E-state index contributed by atoms with van der Waals surface area (Å²) in [6.45, 7) is 3.67. The van der Waals surface area contributed by atoms with Gasteiger partial charge in [-0.1, -0.05) is 12.1 Å². The minimum Gasteiger partial charge on any atom is -0.378 e. The van der Waals surface area contributed by atoms with Gasteiger partial charge in [-0.2, -0.15) is 0 Å². The number of rotatable bonds is 6. The van der Waals surface area contributed by atoms with Crippen LogP contribution in [0.5, 0.6) is 0 Å². The summed E-state index contributed by atoms with van der Waals surface area (Å²) in [6.07, 6.45) is 0. The van der Waals surface area contributed by atoms with Crippen LogP contribution in [-0.2, 0) is 9.59 Å². The van der Waals surface area contributed by atoms with Crippen molar-refractivity contribution in [2.45, 2.75) is 6.04 Å². The number of carbonyl (C=O) groups excluding carboxylic acids is 2. The van der Waals surface area contributed by atoms with E-state index in [9.17, 15) is 18.4 Å². The Hall–Kier alpha value is -3.04. The summed E-state index contributed by atoms with van der Waals surface area (Å²) < 4.78 is 27.1. The quantitative estimate of drug-likeness (QED) is 0.667. The third kappa shape index (κ3) is 6.02. The first-order valence-electron chi connectivity index (χ1n) is 10.5. The molecule has 2 N–H and O–H groups in total. The molecule has 172 valence electrons. The van der Waals surface area contributed by atoms with Crippen LogP contribution in [0, 0.1) is 11.6 Å². The molecule has 1 heterocycles. The standard InChI is InChI=1S/C23H29F2N5O2/c1-28(2)18-7-4-16(5-8-18)21(30-12-10-29(3)11-13-30)15-26-22(31)23(32)27-20-14-17(24)6-9-19(20)25/h4-9,14,21H,10-13,15H2,1-3H3,(H,26,31)(H,27,32)/t21-/m0/s1. The number of nitrogens with one attached hydrogen (secondary N) is 2. The predicted octanol–water partition coefficient (Wildman–Crippen LogP) is 2.07. The van der Waals surface area contributed by atoms with Gasteiger partial charge < -0.3 is 20.4 Å². The van der Waals surface area contributed by atoms with Crippen molar-refractivity contribution in [3.63, 3.8) is 0 Å². The highest BCUT2D eigenvalue weighted by Gasteiger charge is 2.26. The Morgan fingerprint density at radius 2 is 1.66 bits per heavy atom. The molecule has 0 aromatic heterocycles. The average Bonchev–Trinajstić information content (AvgIpc) is 2.77. The fourth-order valence-corrected chi connectivity index (χ4v) is 3.63. The normalized spacial score (nSPS) is 15.8. The highest BCUT2D eigenvalue weighted by Crippen LogP contribution is 2.24. The zero-order valence-corrected chi connectivity index (χ0v) is 18.6. The first-order valence-corrected chi connectivity index (χ1v) is 10.5. The minimum atomic E-state index is -1.05. The zero-order chi connectivity index (χ0) is 23.3. The van der Waals surface area contributed by atoms with E-state index in [-0.39, 0.29) is 18.3 Å². The van der Waals surface area contributed by atoms with Gasteiger partial charge in [-0.05, 0) is 36.9 Å². The van der Waals surface area contributed by atoms with Crippen molar-refractivity contribution in [2.75, 3.05) is 64.1 Å². The van der Waals surface area contributed by atoms with E-state index in [0.29, 0.717) is 0 Å². The summed E-state index contributed by atoms with van der Waals surface area (Å²) >= 11 is 0. The third-order valence-electron chi connectivity index (χ3n) is 5.61. The van der Waals surface area contributed by atoms with Crippen molar-refractivity contribution in [1.82, 2.24) is 15.1 Å². The van der Waals surface area contributed by atoms with Crippen LogP contribution >= 0.6 is 0 Å². The first-order chi connectivity index (χ1) is 15.2. The van der Waals surface area contributed by atoms with Gasteiger partial charge in [0.1, 0.15) is 11.6 Å². The second kappa shape index (κ2) is 10.5. The lowest BCUT2D eigenvalue weighted by molar-refractivity contribution is -0.136. The van der Waals surface area contributed by atoms with Gasteiger partial charge in [-0.25, -0.2) is 8.78 Å².